The molecule has 0 aromatic heterocycles. The number of rotatable bonds is 13. The Morgan fingerprint density at radius 1 is 0.795 bits per heavy atom. The van der Waals surface area contributed by atoms with Crippen molar-refractivity contribution < 1.29 is 39.4 Å². The first kappa shape index (κ1) is 34.5. The molecule has 0 radical (unpaired) electrons. The van der Waals surface area contributed by atoms with E-state index in [0.717, 1.165) is 59.0 Å². The summed E-state index contributed by atoms with van der Waals surface area (Å²) < 4.78 is 42.1. The largest absolute Gasteiger partial charge is 1.00 e. The summed E-state index contributed by atoms with van der Waals surface area (Å²) in [6, 6.07) is 24.5. The molecule has 0 aliphatic carbocycles. The molecule has 1 aliphatic heterocycles. The van der Waals surface area contributed by atoms with Gasteiger partial charge in [0.15, 0.2) is 11.5 Å². The molecule has 0 N–H and O–H groups in total. The van der Waals surface area contributed by atoms with Gasteiger partial charge in [0.1, 0.15) is 19.8 Å². The zero-order valence-corrected chi connectivity index (χ0v) is 29.1. The second-order valence-electron chi connectivity index (χ2n) is 11.1. The van der Waals surface area contributed by atoms with Gasteiger partial charge < -0.3 is 30.9 Å². The summed E-state index contributed by atoms with van der Waals surface area (Å²) in [5, 5.41) is 3.27. The number of nitrogens with zero attached hydrogens (tertiary/aromatic N) is 2. The Hall–Kier alpha value is -2.33. The van der Waals surface area contributed by atoms with Crippen LogP contribution in [-0.4, -0.2) is 56.6 Å². The Labute approximate surface area is 281 Å². The summed E-state index contributed by atoms with van der Waals surface area (Å²) in [5.74, 6) is 1.34. The summed E-state index contributed by atoms with van der Waals surface area (Å²) in [5.41, 5.74) is 1.82. The molecule has 4 aromatic carbocycles. The fraction of sp³-hybridized carbons (Fsp3) is 0.353. The zero-order chi connectivity index (χ0) is 30.5. The molecule has 0 atom stereocenters. The van der Waals surface area contributed by atoms with Crippen molar-refractivity contribution in [3.63, 3.8) is 0 Å². The van der Waals surface area contributed by atoms with Crippen LogP contribution < -0.4 is 26.5 Å². The molecule has 4 aromatic rings. The molecule has 0 amide bonds. The van der Waals surface area contributed by atoms with Crippen molar-refractivity contribution in [1.29, 1.82) is 0 Å². The van der Waals surface area contributed by atoms with Gasteiger partial charge in [0.2, 0.25) is 10.0 Å². The number of ether oxygens (including phenoxy) is 2. The van der Waals surface area contributed by atoms with E-state index in [4.69, 9.17) is 32.7 Å². The quantitative estimate of drug-likeness (QED) is 0.145. The molecule has 0 bridgehead atoms. The van der Waals surface area contributed by atoms with E-state index >= 15 is 0 Å². The summed E-state index contributed by atoms with van der Waals surface area (Å²) in [7, 11) is -3.78. The van der Waals surface area contributed by atoms with Crippen molar-refractivity contribution in [3.05, 3.63) is 100 Å². The van der Waals surface area contributed by atoms with Crippen LogP contribution in [0.2, 0.25) is 10.0 Å². The van der Waals surface area contributed by atoms with Crippen LogP contribution in [-0.2, 0) is 23.1 Å². The second-order valence-corrected chi connectivity index (χ2v) is 13.8. The van der Waals surface area contributed by atoms with Crippen LogP contribution >= 0.6 is 23.2 Å². The van der Waals surface area contributed by atoms with E-state index in [1.165, 1.54) is 0 Å². The fourth-order valence-electron chi connectivity index (χ4n) is 5.75. The maximum Gasteiger partial charge on any atom is 0.243 e. The van der Waals surface area contributed by atoms with Gasteiger partial charge in [-0.25, -0.2) is 8.42 Å². The van der Waals surface area contributed by atoms with Gasteiger partial charge in [-0.15, -0.1) is 0 Å². The minimum Gasteiger partial charge on any atom is -1.00 e. The number of hydrogen-bond acceptors (Lipinski definition) is 4. The summed E-state index contributed by atoms with van der Waals surface area (Å²) in [6.07, 6.45) is 1.57. The van der Waals surface area contributed by atoms with Crippen LogP contribution in [0.15, 0.2) is 83.8 Å². The van der Waals surface area contributed by atoms with E-state index in [1.807, 2.05) is 66.7 Å². The molecule has 0 saturated carbocycles. The molecule has 0 unspecified atom stereocenters. The lowest BCUT2D eigenvalue weighted by atomic mass is 10.1. The zero-order valence-electron chi connectivity index (χ0n) is 25.1. The lowest BCUT2D eigenvalue weighted by Crippen LogP contribution is -3.00. The maximum atomic E-state index is 14.1. The smallest absolute Gasteiger partial charge is 0.243 e. The van der Waals surface area contributed by atoms with Gasteiger partial charge in [0.25, 0.3) is 0 Å². The van der Waals surface area contributed by atoms with Crippen molar-refractivity contribution >= 4 is 44.0 Å². The summed E-state index contributed by atoms with van der Waals surface area (Å²) in [6.45, 7) is 9.47. The molecule has 10 heteroatoms. The molecule has 6 nitrogen and oxygen atoms in total. The molecule has 236 valence electrons. The van der Waals surface area contributed by atoms with Crippen molar-refractivity contribution in [2.24, 2.45) is 0 Å². The minimum atomic E-state index is -3.78. The first-order valence-corrected chi connectivity index (χ1v) is 17.1. The van der Waals surface area contributed by atoms with Crippen LogP contribution in [0, 0.1) is 0 Å². The van der Waals surface area contributed by atoms with Crippen molar-refractivity contribution in [2.75, 3.05) is 39.4 Å². The van der Waals surface area contributed by atoms with Gasteiger partial charge in [-0.05, 0) is 79.4 Å². The number of benzene rings is 4. The number of fused-ring (bicyclic) bond motifs is 2. The second kappa shape index (κ2) is 15.3. The molecular weight excluding hydrogens is 683 g/mol. The SMILES string of the molecule is CC[N+](CC)(CCCCN(Cc1ccc2c(c1)OCCO2)S(=O)(=O)c1ccc2ccccc2c1)Cc1c(Cl)cccc1Cl.[Br-]. The highest BCUT2D eigenvalue weighted by Gasteiger charge is 2.28. The lowest BCUT2D eigenvalue weighted by molar-refractivity contribution is -0.937. The predicted octanol–water partition coefficient (Wildman–Crippen LogP) is 4.95. The number of unbranched alkanes of at least 4 members (excludes halogenated alkanes) is 1. The lowest BCUT2D eigenvalue weighted by Gasteiger charge is -2.37. The predicted molar refractivity (Wildman–Crippen MR) is 175 cm³/mol. The average Bonchev–Trinajstić information content (AvgIpc) is 3.03. The average molecular weight is 723 g/mol. The van der Waals surface area contributed by atoms with Crippen LogP contribution in [0.5, 0.6) is 11.5 Å². The Bertz CT molecular complexity index is 1660. The Kier molecular flexibility index (Phi) is 12.0. The van der Waals surface area contributed by atoms with Crippen molar-refractivity contribution in [2.45, 2.75) is 44.7 Å². The standard InChI is InChI=1S/C34H39Cl2N2O4S.BrH/c1-3-38(4-2,25-30-31(35)12-9-13-32(30)36)19-8-7-18-37(24-26-14-17-33-34(22-26)42-21-20-41-33)43(39,40)29-16-15-27-10-5-6-11-28(27)23-29;/h5-6,9-17,22-23H,3-4,7-8,18-21,24-25H2,1-2H3;1H/q+1;/p-1. The highest BCUT2D eigenvalue weighted by atomic mass is 79.9. The Balaban J connectivity index is 0.00000442. The number of sulfonamides is 1. The van der Waals surface area contributed by atoms with E-state index in [9.17, 15) is 8.42 Å². The normalized spacial score (nSPS) is 13.2. The van der Waals surface area contributed by atoms with E-state index in [2.05, 4.69) is 13.8 Å². The van der Waals surface area contributed by atoms with Gasteiger partial charge in [-0.1, -0.05) is 65.7 Å². The third kappa shape index (κ3) is 7.90. The maximum absolute atomic E-state index is 14.1. The first-order chi connectivity index (χ1) is 20.7. The van der Waals surface area contributed by atoms with Gasteiger partial charge in [-0.2, -0.15) is 4.31 Å². The Morgan fingerprint density at radius 3 is 2.18 bits per heavy atom. The van der Waals surface area contributed by atoms with Gasteiger partial charge in [0.05, 0.1) is 34.6 Å². The van der Waals surface area contributed by atoms with Crippen molar-refractivity contribution in [1.82, 2.24) is 4.31 Å². The molecule has 1 aliphatic rings. The summed E-state index contributed by atoms with van der Waals surface area (Å²) >= 11 is 13.1. The van der Waals surface area contributed by atoms with Crippen LogP contribution in [0.4, 0.5) is 0 Å². The van der Waals surface area contributed by atoms with Gasteiger partial charge >= 0.3 is 0 Å². The fourth-order valence-corrected chi connectivity index (χ4v) is 7.77. The van der Waals surface area contributed by atoms with Gasteiger partial charge in [0, 0.05) is 18.7 Å². The molecule has 5 rings (SSSR count). The molecule has 0 fully saturated rings. The molecule has 0 spiro atoms. The van der Waals surface area contributed by atoms with Crippen LogP contribution in [0.3, 0.4) is 0 Å². The van der Waals surface area contributed by atoms with Crippen molar-refractivity contribution in [3.8, 4) is 11.5 Å². The van der Waals surface area contributed by atoms with Crippen LogP contribution in [0.25, 0.3) is 10.8 Å². The summed E-state index contributed by atoms with van der Waals surface area (Å²) in [4.78, 5) is 0.296. The minimum absolute atomic E-state index is 0. The van der Waals surface area contributed by atoms with Gasteiger partial charge in [-0.3, -0.25) is 0 Å². The highest BCUT2D eigenvalue weighted by Crippen LogP contribution is 2.33. The number of hydrogen-bond donors (Lipinski definition) is 0. The third-order valence-corrected chi connectivity index (χ3v) is 11.1. The topological polar surface area (TPSA) is 55.8 Å². The molecule has 44 heavy (non-hydrogen) atoms. The van der Waals surface area contributed by atoms with E-state index < -0.39 is 10.0 Å². The van der Waals surface area contributed by atoms with E-state index in [-0.39, 0.29) is 23.5 Å². The third-order valence-electron chi connectivity index (χ3n) is 8.51. The number of quaternary nitrogens is 1. The highest BCUT2D eigenvalue weighted by molar-refractivity contribution is 7.89. The monoisotopic (exact) mass is 720 g/mol. The van der Waals surface area contributed by atoms with E-state index in [0.29, 0.717) is 52.6 Å². The molecular formula is C34H39BrCl2N2O4S. The molecule has 0 saturated heterocycles. The molecule has 1 heterocycles. The number of halogens is 3. The van der Waals surface area contributed by atoms with E-state index in [1.54, 1.807) is 16.4 Å². The van der Waals surface area contributed by atoms with Crippen LogP contribution in [0.1, 0.15) is 37.8 Å². The Morgan fingerprint density at radius 2 is 1.48 bits per heavy atom. The first-order valence-electron chi connectivity index (χ1n) is 14.9.